The van der Waals surface area contributed by atoms with Crippen LogP contribution in [0.5, 0.6) is 0 Å². The van der Waals surface area contributed by atoms with Gasteiger partial charge in [-0.1, -0.05) is 80.6 Å². The van der Waals surface area contributed by atoms with Gasteiger partial charge < -0.3 is 10.1 Å². The van der Waals surface area contributed by atoms with E-state index in [0.29, 0.717) is 11.5 Å². The SMILES string of the molecule is CC(C)c1ccc(C(=O)COC(=O)CNC(=O)Cc2cccc3ccccc23)cc1. The van der Waals surface area contributed by atoms with Crippen molar-refractivity contribution in [2.45, 2.75) is 26.2 Å². The number of nitrogens with one attached hydrogen (secondary N) is 1. The van der Waals surface area contributed by atoms with Crippen molar-refractivity contribution in [3.05, 3.63) is 83.4 Å². The number of amides is 1. The average molecular weight is 403 g/mol. The summed E-state index contributed by atoms with van der Waals surface area (Å²) < 4.78 is 5.00. The van der Waals surface area contributed by atoms with Crippen molar-refractivity contribution in [1.82, 2.24) is 5.32 Å². The van der Waals surface area contributed by atoms with Crippen LogP contribution in [0.4, 0.5) is 0 Å². The van der Waals surface area contributed by atoms with Crippen molar-refractivity contribution in [2.24, 2.45) is 0 Å². The average Bonchev–Trinajstić information content (AvgIpc) is 2.76. The fourth-order valence-corrected chi connectivity index (χ4v) is 3.19. The number of hydrogen-bond acceptors (Lipinski definition) is 4. The van der Waals surface area contributed by atoms with Crippen molar-refractivity contribution >= 4 is 28.4 Å². The second-order valence-corrected chi connectivity index (χ2v) is 7.45. The van der Waals surface area contributed by atoms with Crippen LogP contribution in [0.15, 0.2) is 66.7 Å². The zero-order valence-corrected chi connectivity index (χ0v) is 17.2. The summed E-state index contributed by atoms with van der Waals surface area (Å²) in [4.78, 5) is 36.3. The first-order valence-corrected chi connectivity index (χ1v) is 9.96. The summed E-state index contributed by atoms with van der Waals surface area (Å²) in [5, 5.41) is 4.62. The molecule has 3 rings (SSSR count). The molecule has 0 radical (unpaired) electrons. The molecule has 5 heteroatoms. The van der Waals surface area contributed by atoms with E-state index in [0.717, 1.165) is 21.9 Å². The number of ketones is 1. The van der Waals surface area contributed by atoms with Crippen LogP contribution in [0.3, 0.4) is 0 Å². The fraction of sp³-hybridized carbons (Fsp3) is 0.240. The molecule has 0 atom stereocenters. The lowest BCUT2D eigenvalue weighted by Crippen LogP contribution is -2.32. The van der Waals surface area contributed by atoms with Gasteiger partial charge in [-0.2, -0.15) is 0 Å². The molecule has 0 saturated carbocycles. The number of rotatable bonds is 8. The van der Waals surface area contributed by atoms with E-state index >= 15 is 0 Å². The van der Waals surface area contributed by atoms with Gasteiger partial charge >= 0.3 is 5.97 Å². The van der Waals surface area contributed by atoms with Crippen molar-refractivity contribution in [3.63, 3.8) is 0 Å². The summed E-state index contributed by atoms with van der Waals surface area (Å²) in [6.45, 7) is 3.53. The molecule has 0 heterocycles. The predicted octanol–water partition coefficient (Wildman–Crippen LogP) is 4.05. The van der Waals surface area contributed by atoms with Crippen LogP contribution in [-0.4, -0.2) is 30.8 Å². The Balaban J connectivity index is 1.46. The molecule has 1 N–H and O–H groups in total. The molecule has 0 aromatic heterocycles. The summed E-state index contributed by atoms with van der Waals surface area (Å²) in [6, 6.07) is 20.9. The minimum absolute atomic E-state index is 0.162. The molecule has 0 spiro atoms. The largest absolute Gasteiger partial charge is 0.456 e. The van der Waals surface area contributed by atoms with Gasteiger partial charge in [0.1, 0.15) is 6.54 Å². The summed E-state index contributed by atoms with van der Waals surface area (Å²) >= 11 is 0. The first-order chi connectivity index (χ1) is 14.4. The highest BCUT2D eigenvalue weighted by Gasteiger charge is 2.12. The van der Waals surface area contributed by atoms with Crippen molar-refractivity contribution < 1.29 is 19.1 Å². The van der Waals surface area contributed by atoms with E-state index in [1.165, 1.54) is 0 Å². The number of carbonyl (C=O) groups excluding carboxylic acids is 3. The Morgan fingerprint density at radius 2 is 1.60 bits per heavy atom. The third-order valence-electron chi connectivity index (χ3n) is 4.92. The molecule has 3 aromatic carbocycles. The van der Waals surface area contributed by atoms with Gasteiger partial charge in [0.2, 0.25) is 5.91 Å². The Hall–Kier alpha value is -3.47. The number of Topliss-reactive ketones (excluding diaryl/α,β-unsaturated/α-hetero) is 1. The molecule has 0 unspecified atom stereocenters. The summed E-state index contributed by atoms with van der Waals surface area (Å²) in [5.41, 5.74) is 2.52. The Bertz CT molecular complexity index is 1050. The molecule has 0 aliphatic carbocycles. The molecular weight excluding hydrogens is 378 g/mol. The van der Waals surface area contributed by atoms with Crippen LogP contribution in [0, 0.1) is 0 Å². The lowest BCUT2D eigenvalue weighted by atomic mass is 10.0. The highest BCUT2D eigenvalue weighted by atomic mass is 16.5. The Labute approximate surface area is 176 Å². The quantitative estimate of drug-likeness (QED) is 0.455. The van der Waals surface area contributed by atoms with Gasteiger partial charge in [0, 0.05) is 5.56 Å². The minimum atomic E-state index is -0.645. The van der Waals surface area contributed by atoms with E-state index in [-0.39, 0.29) is 31.3 Å². The molecular formula is C25H25NO4. The van der Waals surface area contributed by atoms with E-state index < -0.39 is 5.97 Å². The Morgan fingerprint density at radius 1 is 0.900 bits per heavy atom. The molecule has 1 amide bonds. The number of esters is 1. The molecule has 154 valence electrons. The highest BCUT2D eigenvalue weighted by molar-refractivity contribution is 5.98. The second-order valence-electron chi connectivity index (χ2n) is 7.45. The number of benzene rings is 3. The van der Waals surface area contributed by atoms with Crippen molar-refractivity contribution in [1.29, 1.82) is 0 Å². The van der Waals surface area contributed by atoms with Crippen LogP contribution in [0.2, 0.25) is 0 Å². The number of ether oxygens (including phenoxy) is 1. The third-order valence-corrected chi connectivity index (χ3v) is 4.92. The number of fused-ring (bicyclic) bond motifs is 1. The molecule has 0 bridgehead atoms. The highest BCUT2D eigenvalue weighted by Crippen LogP contribution is 2.19. The molecule has 3 aromatic rings. The van der Waals surface area contributed by atoms with Crippen LogP contribution in [0.25, 0.3) is 10.8 Å². The molecule has 0 saturated heterocycles. The van der Waals surface area contributed by atoms with Gasteiger partial charge in [-0.25, -0.2) is 0 Å². The van der Waals surface area contributed by atoms with Gasteiger partial charge in [0.15, 0.2) is 12.4 Å². The van der Waals surface area contributed by atoms with Crippen LogP contribution < -0.4 is 5.32 Å². The monoisotopic (exact) mass is 403 g/mol. The fourth-order valence-electron chi connectivity index (χ4n) is 3.19. The lowest BCUT2D eigenvalue weighted by molar-refractivity contribution is -0.142. The normalized spacial score (nSPS) is 10.8. The Morgan fingerprint density at radius 3 is 2.33 bits per heavy atom. The summed E-state index contributed by atoms with van der Waals surface area (Å²) in [5.74, 6) is -0.822. The number of hydrogen-bond donors (Lipinski definition) is 1. The minimum Gasteiger partial charge on any atom is -0.456 e. The van der Waals surface area contributed by atoms with Gasteiger partial charge in [-0.3, -0.25) is 14.4 Å². The number of carbonyl (C=O) groups is 3. The smallest absolute Gasteiger partial charge is 0.325 e. The maximum atomic E-state index is 12.2. The van der Waals surface area contributed by atoms with E-state index in [1.54, 1.807) is 12.1 Å². The molecule has 5 nitrogen and oxygen atoms in total. The van der Waals surface area contributed by atoms with Crippen LogP contribution in [0.1, 0.15) is 41.3 Å². The van der Waals surface area contributed by atoms with E-state index in [1.807, 2.05) is 54.6 Å². The standard InChI is InChI=1S/C25H25NO4/c1-17(2)18-10-12-20(13-11-18)23(27)16-30-25(29)15-26-24(28)14-21-8-5-7-19-6-3-4-9-22(19)21/h3-13,17H,14-16H2,1-2H3,(H,26,28). The molecule has 0 fully saturated rings. The predicted molar refractivity (Wildman–Crippen MR) is 116 cm³/mol. The third kappa shape index (κ3) is 5.54. The zero-order valence-electron chi connectivity index (χ0n) is 17.2. The van der Waals surface area contributed by atoms with Crippen molar-refractivity contribution in [2.75, 3.05) is 13.2 Å². The van der Waals surface area contributed by atoms with Crippen LogP contribution in [-0.2, 0) is 20.7 Å². The first-order valence-electron chi connectivity index (χ1n) is 9.96. The van der Waals surface area contributed by atoms with Gasteiger partial charge in [0.05, 0.1) is 6.42 Å². The van der Waals surface area contributed by atoms with E-state index in [4.69, 9.17) is 4.74 Å². The maximum Gasteiger partial charge on any atom is 0.325 e. The lowest BCUT2D eigenvalue weighted by Gasteiger charge is -2.09. The maximum absolute atomic E-state index is 12.2. The zero-order chi connectivity index (χ0) is 21.5. The van der Waals surface area contributed by atoms with Crippen molar-refractivity contribution in [3.8, 4) is 0 Å². The Kier molecular flexibility index (Phi) is 6.96. The van der Waals surface area contributed by atoms with Gasteiger partial charge in [-0.15, -0.1) is 0 Å². The molecule has 30 heavy (non-hydrogen) atoms. The van der Waals surface area contributed by atoms with E-state index in [2.05, 4.69) is 19.2 Å². The summed E-state index contributed by atoms with van der Waals surface area (Å²) in [7, 11) is 0. The first kappa shape index (κ1) is 21.2. The van der Waals surface area contributed by atoms with E-state index in [9.17, 15) is 14.4 Å². The second kappa shape index (κ2) is 9.83. The molecule has 0 aliphatic rings. The molecule has 0 aliphatic heterocycles. The van der Waals surface area contributed by atoms with Gasteiger partial charge in [0.25, 0.3) is 0 Å². The topological polar surface area (TPSA) is 72.5 Å². The van der Waals surface area contributed by atoms with Crippen LogP contribution >= 0.6 is 0 Å². The van der Waals surface area contributed by atoms with Gasteiger partial charge in [-0.05, 0) is 27.8 Å². The summed E-state index contributed by atoms with van der Waals surface area (Å²) in [6.07, 6.45) is 0.162.